The van der Waals surface area contributed by atoms with Gasteiger partial charge in [-0.1, -0.05) is 27.7 Å². The van der Waals surface area contributed by atoms with Crippen LogP contribution in [0.1, 0.15) is 52.0 Å². The molecule has 0 N–H and O–H groups in total. The fourth-order valence-corrected chi connectivity index (χ4v) is 4.44. The average Bonchev–Trinajstić information content (AvgIpc) is 3.18. The van der Waals surface area contributed by atoms with Crippen LogP contribution in [0.15, 0.2) is 24.7 Å². The number of anilines is 1. The van der Waals surface area contributed by atoms with Crippen molar-refractivity contribution < 1.29 is 0 Å². The summed E-state index contributed by atoms with van der Waals surface area (Å²) < 4.78 is 2.16. The summed E-state index contributed by atoms with van der Waals surface area (Å²) >= 11 is 0. The zero-order valence-corrected chi connectivity index (χ0v) is 18.6. The van der Waals surface area contributed by atoms with E-state index in [0.717, 1.165) is 11.6 Å². The van der Waals surface area contributed by atoms with E-state index in [0.29, 0.717) is 5.92 Å². The highest BCUT2D eigenvalue weighted by Crippen LogP contribution is 2.32. The number of hydrogen-bond acceptors (Lipinski definition) is 4. The van der Waals surface area contributed by atoms with Crippen LogP contribution in [-0.4, -0.2) is 72.0 Å². The third kappa shape index (κ3) is 4.87. The van der Waals surface area contributed by atoms with E-state index in [1.165, 1.54) is 69.9 Å². The van der Waals surface area contributed by atoms with Gasteiger partial charge >= 0.3 is 0 Å². The lowest BCUT2D eigenvalue weighted by atomic mass is 9.94. The van der Waals surface area contributed by atoms with Gasteiger partial charge in [0.05, 0.1) is 5.69 Å². The zero-order valence-electron chi connectivity index (χ0n) is 18.6. The summed E-state index contributed by atoms with van der Waals surface area (Å²) in [6.07, 6.45) is 8.87. The predicted octanol–water partition coefficient (Wildman–Crippen LogP) is 3.95. The van der Waals surface area contributed by atoms with Crippen molar-refractivity contribution in [2.24, 2.45) is 5.92 Å². The summed E-state index contributed by atoms with van der Waals surface area (Å²) in [6.45, 7) is 17.2. The molecule has 0 aliphatic carbocycles. The summed E-state index contributed by atoms with van der Waals surface area (Å²) in [5.74, 6) is 1.38. The lowest BCUT2D eigenvalue weighted by Crippen LogP contribution is -2.47. The molecule has 5 heteroatoms. The van der Waals surface area contributed by atoms with E-state index in [1.54, 1.807) is 0 Å². The van der Waals surface area contributed by atoms with Gasteiger partial charge in [0.1, 0.15) is 5.65 Å². The van der Waals surface area contributed by atoms with Crippen LogP contribution in [0.2, 0.25) is 0 Å². The highest BCUT2D eigenvalue weighted by Gasteiger charge is 2.25. The highest BCUT2D eigenvalue weighted by molar-refractivity contribution is 5.60. The van der Waals surface area contributed by atoms with E-state index < -0.39 is 0 Å². The molecule has 2 aliphatic heterocycles. The van der Waals surface area contributed by atoms with Crippen LogP contribution in [0.25, 0.3) is 5.65 Å². The van der Waals surface area contributed by atoms with Gasteiger partial charge in [-0.2, -0.15) is 0 Å². The lowest BCUT2D eigenvalue weighted by Gasteiger charge is -2.39. The maximum Gasteiger partial charge on any atom is 0.137 e. The van der Waals surface area contributed by atoms with E-state index in [2.05, 4.69) is 63.4 Å². The summed E-state index contributed by atoms with van der Waals surface area (Å²) in [5, 5.41) is 0. The Labute approximate surface area is 171 Å². The van der Waals surface area contributed by atoms with E-state index in [1.807, 2.05) is 20.0 Å². The summed E-state index contributed by atoms with van der Waals surface area (Å²) in [4.78, 5) is 12.2. The molecule has 4 rings (SSSR count). The van der Waals surface area contributed by atoms with Crippen LogP contribution >= 0.6 is 0 Å². The number of piperazine rings is 1. The molecule has 4 heterocycles. The van der Waals surface area contributed by atoms with Crippen LogP contribution in [0, 0.1) is 5.92 Å². The van der Waals surface area contributed by atoms with Gasteiger partial charge in [0.15, 0.2) is 0 Å². The molecule has 0 aromatic carbocycles. The molecule has 2 aromatic heterocycles. The molecule has 2 fully saturated rings. The fourth-order valence-electron chi connectivity index (χ4n) is 4.44. The van der Waals surface area contributed by atoms with Crippen LogP contribution in [0.5, 0.6) is 0 Å². The maximum atomic E-state index is 4.47. The van der Waals surface area contributed by atoms with E-state index in [-0.39, 0.29) is 0 Å². The molecule has 2 aliphatic rings. The summed E-state index contributed by atoms with van der Waals surface area (Å²) in [5.41, 5.74) is 3.90. The third-order valence-electron chi connectivity index (χ3n) is 6.23. The van der Waals surface area contributed by atoms with Crippen molar-refractivity contribution >= 4 is 11.3 Å². The lowest BCUT2D eigenvalue weighted by molar-refractivity contribution is 0.129. The molecule has 2 saturated heterocycles. The molecule has 156 valence electrons. The fraction of sp³-hybridized carbons (Fsp3) is 0.696. The number of fused-ring (bicyclic) bond motifs is 1. The van der Waals surface area contributed by atoms with Crippen molar-refractivity contribution in [2.45, 2.75) is 46.5 Å². The first-order valence-electron chi connectivity index (χ1n) is 11.2. The first-order chi connectivity index (χ1) is 13.6. The second-order valence-electron chi connectivity index (χ2n) is 8.50. The van der Waals surface area contributed by atoms with Crippen molar-refractivity contribution in [1.29, 1.82) is 0 Å². The second-order valence-corrected chi connectivity index (χ2v) is 8.50. The minimum Gasteiger partial charge on any atom is -0.370 e. The largest absolute Gasteiger partial charge is 0.370 e. The number of likely N-dealkylation sites (N-methyl/N-ethyl adjacent to an activating group) is 1. The monoisotopic (exact) mass is 385 g/mol. The third-order valence-corrected chi connectivity index (χ3v) is 6.23. The molecule has 5 nitrogen and oxygen atoms in total. The van der Waals surface area contributed by atoms with Gasteiger partial charge in [0.2, 0.25) is 0 Å². The molecule has 0 spiro atoms. The normalized spacial score (nSPS) is 19.9. The Morgan fingerprint density at radius 1 is 1.04 bits per heavy atom. The van der Waals surface area contributed by atoms with Crippen molar-refractivity contribution in [3.8, 4) is 0 Å². The molecule has 28 heavy (non-hydrogen) atoms. The van der Waals surface area contributed by atoms with Crippen molar-refractivity contribution in [1.82, 2.24) is 19.2 Å². The minimum atomic E-state index is 0.523. The Balaban J connectivity index is 0.00000109. The zero-order chi connectivity index (χ0) is 20.1. The Morgan fingerprint density at radius 2 is 1.71 bits per heavy atom. The SMILES string of the molecule is CC.CC(C)c1cc2nccn2cc1N1CCC(CN2CCN(C)CC2)CC1. The van der Waals surface area contributed by atoms with Gasteiger partial charge in [-0.3, -0.25) is 0 Å². The Hall–Kier alpha value is -1.59. The minimum absolute atomic E-state index is 0.523. The molecule has 0 radical (unpaired) electrons. The number of rotatable bonds is 4. The van der Waals surface area contributed by atoms with E-state index >= 15 is 0 Å². The van der Waals surface area contributed by atoms with Crippen LogP contribution in [0.4, 0.5) is 5.69 Å². The molecular formula is C23H39N5. The molecule has 2 aromatic rings. The van der Waals surface area contributed by atoms with Crippen molar-refractivity contribution in [2.75, 3.05) is 57.8 Å². The molecule has 0 amide bonds. The maximum absolute atomic E-state index is 4.47. The van der Waals surface area contributed by atoms with Gasteiger partial charge in [-0.25, -0.2) is 4.98 Å². The first-order valence-corrected chi connectivity index (χ1v) is 11.2. The highest BCUT2D eigenvalue weighted by atomic mass is 15.2. The molecule has 0 bridgehead atoms. The van der Waals surface area contributed by atoms with Gasteiger partial charge in [-0.05, 0) is 43.4 Å². The first kappa shape index (κ1) is 21.1. The number of nitrogens with zero attached hydrogens (tertiary/aromatic N) is 5. The average molecular weight is 386 g/mol. The quantitative estimate of drug-likeness (QED) is 0.796. The number of aromatic nitrogens is 2. The van der Waals surface area contributed by atoms with E-state index in [4.69, 9.17) is 0 Å². The van der Waals surface area contributed by atoms with Crippen molar-refractivity contribution in [3.63, 3.8) is 0 Å². The summed E-state index contributed by atoms with van der Waals surface area (Å²) in [6, 6.07) is 2.27. The Morgan fingerprint density at radius 3 is 2.36 bits per heavy atom. The van der Waals surface area contributed by atoms with E-state index in [9.17, 15) is 0 Å². The number of piperidine rings is 1. The van der Waals surface area contributed by atoms with Gasteiger partial charge < -0.3 is 19.1 Å². The predicted molar refractivity (Wildman–Crippen MR) is 120 cm³/mol. The molecule has 0 atom stereocenters. The van der Waals surface area contributed by atoms with Gasteiger partial charge in [0.25, 0.3) is 0 Å². The molecule has 0 saturated carbocycles. The molecular weight excluding hydrogens is 346 g/mol. The topological polar surface area (TPSA) is 27.0 Å². The number of pyridine rings is 1. The standard InChI is InChI=1S/C21H33N5.C2H6/c1-17(2)19-14-21-22-6-9-26(21)16-20(19)25-7-4-18(5-8-25)15-24-12-10-23(3)11-13-24;1-2/h6,9,14,16-18H,4-5,7-8,10-13,15H2,1-3H3;1-2H3. The second kappa shape index (κ2) is 9.75. The number of hydrogen-bond donors (Lipinski definition) is 0. The van der Waals surface area contributed by atoms with Crippen LogP contribution < -0.4 is 4.90 Å². The summed E-state index contributed by atoms with van der Waals surface area (Å²) in [7, 11) is 2.24. The van der Waals surface area contributed by atoms with Gasteiger partial charge in [0, 0.05) is 64.4 Å². The Kier molecular flexibility index (Phi) is 7.36. The smallest absolute Gasteiger partial charge is 0.137 e. The van der Waals surface area contributed by atoms with Crippen LogP contribution in [0.3, 0.4) is 0 Å². The molecule has 0 unspecified atom stereocenters. The van der Waals surface area contributed by atoms with Crippen LogP contribution in [-0.2, 0) is 0 Å². The van der Waals surface area contributed by atoms with Crippen molar-refractivity contribution in [3.05, 3.63) is 30.2 Å². The Bertz CT molecular complexity index is 722. The number of imidazole rings is 1. The van der Waals surface area contributed by atoms with Gasteiger partial charge in [-0.15, -0.1) is 0 Å².